The molecular weight excluding hydrogens is 312 g/mol. The summed E-state index contributed by atoms with van der Waals surface area (Å²) in [5.41, 5.74) is 10.7. The van der Waals surface area contributed by atoms with Crippen LogP contribution in [-0.2, 0) is 17.3 Å². The van der Waals surface area contributed by atoms with E-state index in [1.54, 1.807) is 0 Å². The standard InChI is InChI=1S/C22H28.C4H8/c1-14-10-18(22(5,6)7)13-16-11-15-12-17(21(2,3)4)8-9-19(15)20(14)16;1-2-4-3-1/h8-10,12-13H,11H2,1-7H3;1-4H2. The predicted octanol–water partition coefficient (Wildman–Crippen LogP) is 7.72. The molecule has 2 aliphatic rings. The van der Waals surface area contributed by atoms with Gasteiger partial charge in [0.25, 0.3) is 0 Å². The van der Waals surface area contributed by atoms with Crippen LogP contribution in [0, 0.1) is 6.92 Å². The van der Waals surface area contributed by atoms with E-state index in [9.17, 15) is 0 Å². The molecule has 0 heterocycles. The van der Waals surface area contributed by atoms with E-state index in [0.717, 1.165) is 6.42 Å². The highest BCUT2D eigenvalue weighted by Gasteiger charge is 2.25. The summed E-state index contributed by atoms with van der Waals surface area (Å²) in [7, 11) is 0. The maximum atomic E-state index is 2.43. The molecule has 2 aromatic carbocycles. The van der Waals surface area contributed by atoms with E-state index in [2.05, 4.69) is 78.8 Å². The van der Waals surface area contributed by atoms with Crippen LogP contribution in [0.25, 0.3) is 11.1 Å². The third kappa shape index (κ3) is 3.90. The quantitative estimate of drug-likeness (QED) is 0.390. The van der Waals surface area contributed by atoms with Crippen LogP contribution in [-0.4, -0.2) is 0 Å². The first-order valence-electron chi connectivity index (χ1n) is 10.3. The van der Waals surface area contributed by atoms with Crippen molar-refractivity contribution in [1.82, 2.24) is 0 Å². The van der Waals surface area contributed by atoms with Crippen LogP contribution in [0.15, 0.2) is 30.3 Å². The molecule has 1 saturated carbocycles. The van der Waals surface area contributed by atoms with Crippen LogP contribution in [0.5, 0.6) is 0 Å². The van der Waals surface area contributed by atoms with E-state index in [-0.39, 0.29) is 10.8 Å². The second-order valence-electron chi connectivity index (χ2n) is 10.3. The lowest BCUT2D eigenvalue weighted by atomic mass is 9.83. The van der Waals surface area contributed by atoms with Gasteiger partial charge in [-0.25, -0.2) is 0 Å². The van der Waals surface area contributed by atoms with Gasteiger partial charge in [-0.15, -0.1) is 0 Å². The minimum atomic E-state index is 0.213. The van der Waals surface area contributed by atoms with Gasteiger partial charge in [0, 0.05) is 0 Å². The van der Waals surface area contributed by atoms with Crippen LogP contribution in [0.3, 0.4) is 0 Å². The molecule has 140 valence electrons. The first-order valence-corrected chi connectivity index (χ1v) is 10.3. The molecule has 1 fully saturated rings. The molecule has 0 atom stereocenters. The van der Waals surface area contributed by atoms with Crippen molar-refractivity contribution < 1.29 is 0 Å². The van der Waals surface area contributed by atoms with Crippen molar-refractivity contribution in [3.63, 3.8) is 0 Å². The molecule has 0 saturated heterocycles. The van der Waals surface area contributed by atoms with Crippen molar-refractivity contribution in [2.45, 2.75) is 91.4 Å². The molecule has 0 N–H and O–H groups in total. The lowest BCUT2D eigenvalue weighted by Gasteiger charge is -2.21. The Morgan fingerprint density at radius 3 is 1.69 bits per heavy atom. The van der Waals surface area contributed by atoms with Crippen molar-refractivity contribution in [2.75, 3.05) is 0 Å². The fourth-order valence-corrected chi connectivity index (χ4v) is 3.72. The van der Waals surface area contributed by atoms with E-state index < -0.39 is 0 Å². The number of rotatable bonds is 0. The smallest absolute Gasteiger partial charge is 0.00131 e. The maximum absolute atomic E-state index is 2.43. The largest absolute Gasteiger partial charge is 0.0579 e. The lowest BCUT2D eigenvalue weighted by Crippen LogP contribution is -2.11. The highest BCUT2D eigenvalue weighted by atomic mass is 14.3. The summed E-state index contributed by atoms with van der Waals surface area (Å²) in [6.45, 7) is 16.0. The second-order valence-corrected chi connectivity index (χ2v) is 10.3. The second kappa shape index (κ2) is 6.87. The summed E-state index contributed by atoms with van der Waals surface area (Å²) >= 11 is 0. The normalized spacial score (nSPS) is 15.5. The molecule has 0 amide bonds. The summed E-state index contributed by atoms with van der Waals surface area (Å²) in [5.74, 6) is 0. The van der Waals surface area contributed by atoms with Crippen LogP contribution in [0.2, 0.25) is 0 Å². The average Bonchev–Trinajstić information content (AvgIpc) is 2.81. The summed E-state index contributed by atoms with van der Waals surface area (Å²) < 4.78 is 0. The molecule has 0 bridgehead atoms. The number of benzene rings is 2. The molecule has 0 spiro atoms. The van der Waals surface area contributed by atoms with Gasteiger partial charge in [0.15, 0.2) is 0 Å². The van der Waals surface area contributed by atoms with Gasteiger partial charge in [-0.3, -0.25) is 0 Å². The Kier molecular flexibility index (Phi) is 5.08. The zero-order valence-electron chi connectivity index (χ0n) is 17.9. The van der Waals surface area contributed by atoms with Crippen LogP contribution >= 0.6 is 0 Å². The summed E-state index contributed by atoms with van der Waals surface area (Å²) in [6.07, 6.45) is 7.08. The van der Waals surface area contributed by atoms with Crippen molar-refractivity contribution in [3.05, 3.63) is 58.1 Å². The van der Waals surface area contributed by atoms with Gasteiger partial charge in [0.1, 0.15) is 0 Å². The summed E-state index contributed by atoms with van der Waals surface area (Å²) in [4.78, 5) is 0. The zero-order chi connectivity index (χ0) is 19.1. The van der Waals surface area contributed by atoms with Gasteiger partial charge in [-0.05, 0) is 63.1 Å². The molecule has 0 aromatic heterocycles. The number of aryl methyl sites for hydroxylation is 1. The Morgan fingerprint density at radius 2 is 1.19 bits per heavy atom. The third-order valence-electron chi connectivity index (χ3n) is 5.90. The molecule has 0 nitrogen and oxygen atoms in total. The van der Waals surface area contributed by atoms with Crippen molar-refractivity contribution in [2.24, 2.45) is 0 Å². The van der Waals surface area contributed by atoms with Gasteiger partial charge in [0.05, 0.1) is 0 Å². The Hall–Kier alpha value is -1.56. The number of hydrogen-bond acceptors (Lipinski definition) is 0. The highest BCUT2D eigenvalue weighted by Crippen LogP contribution is 2.42. The minimum absolute atomic E-state index is 0.213. The molecular formula is C26H36. The van der Waals surface area contributed by atoms with E-state index in [1.165, 1.54) is 64.6 Å². The van der Waals surface area contributed by atoms with Crippen LogP contribution in [0.4, 0.5) is 0 Å². The van der Waals surface area contributed by atoms with E-state index in [0.29, 0.717) is 0 Å². The molecule has 0 heteroatoms. The number of fused-ring (bicyclic) bond motifs is 3. The van der Waals surface area contributed by atoms with Crippen LogP contribution in [0.1, 0.15) is 95.0 Å². The summed E-state index contributed by atoms with van der Waals surface area (Å²) in [6, 6.07) is 11.9. The minimum Gasteiger partial charge on any atom is -0.0579 e. The monoisotopic (exact) mass is 348 g/mol. The number of hydrogen-bond donors (Lipinski definition) is 0. The van der Waals surface area contributed by atoms with Gasteiger partial charge in [-0.1, -0.05) is 97.6 Å². The van der Waals surface area contributed by atoms with E-state index in [4.69, 9.17) is 0 Å². The Bertz CT molecular complexity index is 786. The highest BCUT2D eigenvalue weighted by molar-refractivity contribution is 5.80. The molecule has 0 radical (unpaired) electrons. The van der Waals surface area contributed by atoms with Crippen molar-refractivity contribution >= 4 is 0 Å². The van der Waals surface area contributed by atoms with Gasteiger partial charge in [0.2, 0.25) is 0 Å². The molecule has 26 heavy (non-hydrogen) atoms. The Balaban J connectivity index is 0.000000433. The van der Waals surface area contributed by atoms with Crippen LogP contribution < -0.4 is 0 Å². The maximum Gasteiger partial charge on any atom is -0.00131 e. The van der Waals surface area contributed by atoms with E-state index >= 15 is 0 Å². The fraction of sp³-hybridized carbons (Fsp3) is 0.538. The topological polar surface area (TPSA) is 0 Å². The first kappa shape index (κ1) is 19.2. The van der Waals surface area contributed by atoms with Crippen molar-refractivity contribution in [3.8, 4) is 11.1 Å². The lowest BCUT2D eigenvalue weighted by molar-refractivity contribution is 0.504. The predicted molar refractivity (Wildman–Crippen MR) is 115 cm³/mol. The summed E-state index contributed by atoms with van der Waals surface area (Å²) in [5, 5.41) is 0. The third-order valence-corrected chi connectivity index (χ3v) is 5.90. The molecule has 2 aliphatic carbocycles. The molecule has 0 aliphatic heterocycles. The zero-order valence-corrected chi connectivity index (χ0v) is 17.9. The SMILES string of the molecule is C1CCC1.Cc1cc(C(C)(C)C)cc2c1-c1ccc(C(C)(C)C)cc1C2. The van der Waals surface area contributed by atoms with Gasteiger partial charge >= 0.3 is 0 Å². The molecule has 0 unspecified atom stereocenters. The van der Waals surface area contributed by atoms with Gasteiger partial charge in [-0.2, -0.15) is 0 Å². The first-order chi connectivity index (χ1) is 12.1. The van der Waals surface area contributed by atoms with Gasteiger partial charge < -0.3 is 0 Å². The van der Waals surface area contributed by atoms with E-state index in [1.807, 2.05) is 0 Å². The average molecular weight is 349 g/mol. The molecule has 4 rings (SSSR count). The Labute approximate surface area is 161 Å². The Morgan fingerprint density at radius 1 is 0.654 bits per heavy atom. The fourth-order valence-electron chi connectivity index (χ4n) is 3.72. The van der Waals surface area contributed by atoms with Crippen molar-refractivity contribution in [1.29, 1.82) is 0 Å². The molecule has 2 aromatic rings.